The third-order valence-electron chi connectivity index (χ3n) is 5.95. The standard InChI is InChI=1S/C21H21Cl2F2N3O3S/c22-13-8-14(23)10-16(9-13)32(30,31)28-18-5-3-6-19(28)21(29)27(12-17(18)20(24)25)11-15-4-1-2-7-26-15/h1-2,4,7-10,17-20H,3,5-6,11-12H2/t17-,18+,19-/m0/s1. The van der Waals surface area contributed by atoms with Crippen LogP contribution in [0, 0.1) is 5.92 Å². The van der Waals surface area contributed by atoms with Gasteiger partial charge in [-0.3, -0.25) is 9.78 Å². The quantitative estimate of drug-likeness (QED) is 0.612. The van der Waals surface area contributed by atoms with Gasteiger partial charge < -0.3 is 4.90 Å². The highest BCUT2D eigenvalue weighted by molar-refractivity contribution is 7.89. The molecule has 3 atom stereocenters. The summed E-state index contributed by atoms with van der Waals surface area (Å²) in [5.41, 5.74) is 0.543. The maximum Gasteiger partial charge on any atom is 0.244 e. The van der Waals surface area contributed by atoms with Crippen LogP contribution in [0.25, 0.3) is 0 Å². The molecule has 32 heavy (non-hydrogen) atoms. The second-order valence-corrected chi connectivity index (χ2v) is 10.7. The third-order valence-corrected chi connectivity index (χ3v) is 8.30. The minimum absolute atomic E-state index is 0.0307. The van der Waals surface area contributed by atoms with E-state index in [1.807, 2.05) is 0 Å². The van der Waals surface area contributed by atoms with Gasteiger partial charge in [0.15, 0.2) is 0 Å². The highest BCUT2D eigenvalue weighted by atomic mass is 35.5. The minimum atomic E-state index is -4.32. The van der Waals surface area contributed by atoms with Gasteiger partial charge in [0.1, 0.15) is 6.04 Å². The Hall–Kier alpha value is -1.81. The van der Waals surface area contributed by atoms with E-state index in [0.29, 0.717) is 12.1 Å². The van der Waals surface area contributed by atoms with E-state index >= 15 is 0 Å². The van der Waals surface area contributed by atoms with Crippen molar-refractivity contribution in [2.45, 2.75) is 49.2 Å². The summed E-state index contributed by atoms with van der Waals surface area (Å²) in [6, 6.07) is 6.88. The van der Waals surface area contributed by atoms with Crippen LogP contribution in [0.1, 0.15) is 25.0 Å². The number of hydrogen-bond acceptors (Lipinski definition) is 4. The number of nitrogens with zero attached hydrogens (tertiary/aromatic N) is 3. The predicted molar refractivity (Wildman–Crippen MR) is 116 cm³/mol. The van der Waals surface area contributed by atoms with E-state index in [1.165, 1.54) is 23.1 Å². The van der Waals surface area contributed by atoms with Gasteiger partial charge in [0.05, 0.1) is 23.1 Å². The number of fused-ring (bicyclic) bond motifs is 2. The van der Waals surface area contributed by atoms with E-state index < -0.39 is 40.4 Å². The van der Waals surface area contributed by atoms with E-state index in [9.17, 15) is 22.0 Å². The Kier molecular flexibility index (Phi) is 6.72. The summed E-state index contributed by atoms with van der Waals surface area (Å²) >= 11 is 12.0. The van der Waals surface area contributed by atoms with Crippen molar-refractivity contribution in [1.82, 2.24) is 14.2 Å². The smallest absolute Gasteiger partial charge is 0.244 e. The molecule has 172 valence electrons. The first kappa shape index (κ1) is 23.4. The van der Waals surface area contributed by atoms with Crippen LogP contribution in [0.3, 0.4) is 0 Å². The molecule has 0 saturated carbocycles. The van der Waals surface area contributed by atoms with E-state index in [4.69, 9.17) is 23.2 Å². The molecule has 0 radical (unpaired) electrons. The largest absolute Gasteiger partial charge is 0.335 e. The molecule has 1 aromatic carbocycles. The van der Waals surface area contributed by atoms with Crippen molar-refractivity contribution in [2.24, 2.45) is 5.92 Å². The summed E-state index contributed by atoms with van der Waals surface area (Å²) in [7, 11) is -4.32. The Morgan fingerprint density at radius 3 is 2.47 bits per heavy atom. The van der Waals surface area contributed by atoms with Crippen LogP contribution in [0.4, 0.5) is 8.78 Å². The molecule has 2 aliphatic heterocycles. The van der Waals surface area contributed by atoms with Gasteiger partial charge in [0, 0.05) is 28.8 Å². The summed E-state index contributed by atoms with van der Waals surface area (Å²) in [5, 5.41) is 0.203. The van der Waals surface area contributed by atoms with Crippen molar-refractivity contribution in [3.05, 3.63) is 58.3 Å². The number of pyridine rings is 1. The van der Waals surface area contributed by atoms with Crippen molar-refractivity contribution in [3.63, 3.8) is 0 Å². The molecule has 2 bridgehead atoms. The highest BCUT2D eigenvalue weighted by Crippen LogP contribution is 2.40. The molecule has 1 aromatic heterocycles. The lowest BCUT2D eigenvalue weighted by Gasteiger charge is -2.40. The maximum absolute atomic E-state index is 14.2. The van der Waals surface area contributed by atoms with E-state index in [1.54, 1.807) is 24.4 Å². The van der Waals surface area contributed by atoms with Crippen LogP contribution in [0.15, 0.2) is 47.5 Å². The fraction of sp³-hybridized carbons (Fsp3) is 0.429. The zero-order chi connectivity index (χ0) is 23.0. The molecule has 0 N–H and O–H groups in total. The molecule has 1 amide bonds. The number of alkyl halides is 2. The molecule has 11 heteroatoms. The van der Waals surface area contributed by atoms with Crippen LogP contribution in [-0.2, 0) is 21.4 Å². The number of hydrogen-bond donors (Lipinski definition) is 0. The van der Waals surface area contributed by atoms with E-state index in [2.05, 4.69) is 4.98 Å². The number of carbonyl (C=O) groups excluding carboxylic acids is 1. The molecular formula is C21H21Cl2F2N3O3S. The van der Waals surface area contributed by atoms with E-state index in [0.717, 1.165) is 4.31 Å². The number of rotatable bonds is 5. The fourth-order valence-electron chi connectivity index (χ4n) is 4.54. The van der Waals surface area contributed by atoms with Gasteiger partial charge in [-0.15, -0.1) is 0 Å². The normalized spacial score (nSPS) is 24.6. The average molecular weight is 504 g/mol. The van der Waals surface area contributed by atoms with Crippen LogP contribution in [-0.4, -0.2) is 53.6 Å². The number of aromatic nitrogens is 1. The van der Waals surface area contributed by atoms with Gasteiger partial charge in [-0.1, -0.05) is 29.3 Å². The topological polar surface area (TPSA) is 70.6 Å². The first-order valence-electron chi connectivity index (χ1n) is 10.1. The molecule has 2 fully saturated rings. The molecule has 2 saturated heterocycles. The Balaban J connectivity index is 1.78. The molecule has 0 aliphatic carbocycles. The van der Waals surface area contributed by atoms with Gasteiger partial charge in [-0.2, -0.15) is 4.31 Å². The lowest BCUT2D eigenvalue weighted by molar-refractivity contribution is -0.135. The summed E-state index contributed by atoms with van der Waals surface area (Å²) in [4.78, 5) is 18.7. The van der Waals surface area contributed by atoms with Crippen LogP contribution < -0.4 is 0 Å². The van der Waals surface area contributed by atoms with E-state index in [-0.39, 0.29) is 40.9 Å². The number of carbonyl (C=O) groups is 1. The SMILES string of the molecule is O=C1[C@@H]2CCC[C@H]([C@@H](C(F)F)CN1Cc1ccccn1)N2S(=O)(=O)c1cc(Cl)cc(Cl)c1. The minimum Gasteiger partial charge on any atom is -0.335 e. The molecule has 2 aromatic rings. The summed E-state index contributed by atoms with van der Waals surface area (Å²) < 4.78 is 56.6. The number of halogens is 4. The maximum atomic E-state index is 14.2. The van der Waals surface area contributed by atoms with Crippen molar-refractivity contribution in [2.75, 3.05) is 6.54 Å². The molecule has 6 nitrogen and oxygen atoms in total. The number of piperidine rings is 1. The Morgan fingerprint density at radius 2 is 1.84 bits per heavy atom. The Labute approximate surface area is 195 Å². The van der Waals surface area contributed by atoms with Crippen LogP contribution in [0.5, 0.6) is 0 Å². The second-order valence-electron chi connectivity index (χ2n) is 7.99. The summed E-state index contributed by atoms with van der Waals surface area (Å²) in [6.07, 6.45) is -0.289. The van der Waals surface area contributed by atoms with Gasteiger partial charge >= 0.3 is 0 Å². The third kappa shape index (κ3) is 4.48. The zero-order valence-electron chi connectivity index (χ0n) is 16.9. The molecule has 4 rings (SSSR count). The molecular weight excluding hydrogens is 483 g/mol. The number of benzene rings is 1. The Morgan fingerprint density at radius 1 is 1.12 bits per heavy atom. The van der Waals surface area contributed by atoms with Crippen molar-refractivity contribution in [3.8, 4) is 0 Å². The first-order chi connectivity index (χ1) is 15.2. The zero-order valence-corrected chi connectivity index (χ0v) is 19.2. The number of amides is 1. The molecule has 3 heterocycles. The van der Waals surface area contributed by atoms with Gasteiger partial charge in [-0.05, 0) is 49.6 Å². The molecule has 0 unspecified atom stereocenters. The summed E-state index contributed by atoms with van der Waals surface area (Å²) in [5.74, 6) is -1.84. The van der Waals surface area contributed by atoms with Crippen molar-refractivity contribution in [1.29, 1.82) is 0 Å². The predicted octanol–water partition coefficient (Wildman–Crippen LogP) is 4.22. The highest BCUT2D eigenvalue weighted by Gasteiger charge is 2.52. The lowest BCUT2D eigenvalue weighted by Crippen LogP contribution is -2.55. The van der Waals surface area contributed by atoms with Crippen LogP contribution in [0.2, 0.25) is 10.0 Å². The number of sulfonamides is 1. The molecule has 2 aliphatic rings. The van der Waals surface area contributed by atoms with Crippen molar-refractivity contribution < 1.29 is 22.0 Å². The van der Waals surface area contributed by atoms with Gasteiger partial charge in [0.25, 0.3) is 0 Å². The molecule has 0 spiro atoms. The second kappa shape index (κ2) is 9.21. The fourth-order valence-corrected chi connectivity index (χ4v) is 7.14. The monoisotopic (exact) mass is 503 g/mol. The van der Waals surface area contributed by atoms with Gasteiger partial charge in [-0.25, -0.2) is 17.2 Å². The lowest BCUT2D eigenvalue weighted by atomic mass is 9.90. The summed E-state index contributed by atoms with van der Waals surface area (Å²) in [6.45, 7) is -0.223. The van der Waals surface area contributed by atoms with Crippen LogP contribution >= 0.6 is 23.2 Å². The average Bonchev–Trinajstić information content (AvgIpc) is 2.81. The van der Waals surface area contributed by atoms with Gasteiger partial charge in [0.2, 0.25) is 22.4 Å². The van der Waals surface area contributed by atoms with Crippen molar-refractivity contribution >= 4 is 39.1 Å². The first-order valence-corrected chi connectivity index (χ1v) is 12.3. The Bertz CT molecular complexity index is 1080.